The van der Waals surface area contributed by atoms with Gasteiger partial charge in [0.25, 0.3) is 0 Å². The molecule has 20 heavy (non-hydrogen) atoms. The summed E-state index contributed by atoms with van der Waals surface area (Å²) in [5, 5.41) is 6.52. The summed E-state index contributed by atoms with van der Waals surface area (Å²) < 4.78 is 13.3. The number of nitrogens with zero attached hydrogens (tertiary/aromatic N) is 2. The van der Waals surface area contributed by atoms with E-state index >= 15 is 0 Å². The van der Waals surface area contributed by atoms with E-state index in [1.54, 1.807) is 12.1 Å². The molecule has 0 fully saturated rings. The van der Waals surface area contributed by atoms with Crippen molar-refractivity contribution in [1.29, 1.82) is 0 Å². The lowest BCUT2D eigenvalue weighted by Crippen LogP contribution is -2.05. The van der Waals surface area contributed by atoms with Crippen LogP contribution in [0.15, 0.2) is 24.3 Å². The fraction of sp³-hybridized carbons (Fsp3) is 0.286. The Bertz CT molecular complexity index is 583. The van der Waals surface area contributed by atoms with Crippen LogP contribution in [0.1, 0.15) is 19.7 Å². The topological polar surface area (TPSA) is 49.8 Å². The summed E-state index contributed by atoms with van der Waals surface area (Å²) in [6, 6.07) is 6.05. The number of rotatable bonds is 5. The molecule has 6 heteroatoms. The van der Waals surface area contributed by atoms with Crippen molar-refractivity contribution in [2.24, 2.45) is 0 Å². The number of halogens is 2. The minimum absolute atomic E-state index is 0.337. The molecule has 0 spiro atoms. The molecule has 1 aromatic heterocycles. The van der Waals surface area contributed by atoms with Crippen molar-refractivity contribution >= 4 is 28.9 Å². The number of hydrogen-bond acceptors (Lipinski definition) is 4. The second-order valence-corrected chi connectivity index (χ2v) is 4.66. The van der Waals surface area contributed by atoms with Gasteiger partial charge in [0.05, 0.1) is 0 Å². The third-order valence-electron chi connectivity index (χ3n) is 2.58. The normalized spacial score (nSPS) is 10.4. The minimum Gasteiger partial charge on any atom is -0.370 e. The Kier molecular flexibility index (Phi) is 4.74. The minimum atomic E-state index is -0.392. The second kappa shape index (κ2) is 6.52. The fourth-order valence-electron chi connectivity index (χ4n) is 1.76. The van der Waals surface area contributed by atoms with E-state index in [9.17, 15) is 4.39 Å². The molecule has 2 N–H and O–H groups in total. The average molecular weight is 295 g/mol. The van der Waals surface area contributed by atoms with Crippen LogP contribution in [0.3, 0.4) is 0 Å². The van der Waals surface area contributed by atoms with E-state index in [-0.39, 0.29) is 0 Å². The highest BCUT2D eigenvalue weighted by atomic mass is 35.5. The van der Waals surface area contributed by atoms with Gasteiger partial charge >= 0.3 is 0 Å². The van der Waals surface area contributed by atoms with Gasteiger partial charge in [-0.2, -0.15) is 0 Å². The van der Waals surface area contributed by atoms with E-state index in [0.717, 1.165) is 18.8 Å². The molecule has 2 aromatic rings. The number of nitrogens with one attached hydrogen (secondary N) is 2. The summed E-state index contributed by atoms with van der Waals surface area (Å²) >= 11 is 5.83. The van der Waals surface area contributed by atoms with Gasteiger partial charge in [-0.15, -0.1) is 0 Å². The third kappa shape index (κ3) is 3.81. The van der Waals surface area contributed by atoms with Crippen molar-refractivity contribution in [2.45, 2.75) is 20.3 Å². The number of aromatic nitrogens is 2. The lowest BCUT2D eigenvalue weighted by Gasteiger charge is -2.10. The molecule has 0 aliphatic heterocycles. The largest absolute Gasteiger partial charge is 0.370 e. The first-order valence-corrected chi connectivity index (χ1v) is 6.83. The van der Waals surface area contributed by atoms with Crippen LogP contribution in [0.5, 0.6) is 0 Å². The molecule has 2 rings (SSSR count). The molecule has 0 saturated carbocycles. The number of aryl methyl sites for hydroxylation is 1. The van der Waals surface area contributed by atoms with Crippen LogP contribution < -0.4 is 10.6 Å². The smallest absolute Gasteiger partial charge is 0.136 e. The number of benzene rings is 1. The van der Waals surface area contributed by atoms with Crippen LogP contribution in [-0.2, 0) is 6.42 Å². The van der Waals surface area contributed by atoms with E-state index < -0.39 is 5.82 Å². The summed E-state index contributed by atoms with van der Waals surface area (Å²) in [6.45, 7) is 4.74. The first-order chi connectivity index (χ1) is 9.60. The third-order valence-corrected chi connectivity index (χ3v) is 2.80. The molecular formula is C14H16ClFN4. The van der Waals surface area contributed by atoms with Gasteiger partial charge in [0.15, 0.2) is 0 Å². The highest BCUT2D eigenvalue weighted by Gasteiger charge is 2.05. The summed E-state index contributed by atoms with van der Waals surface area (Å²) in [7, 11) is 0. The summed E-state index contributed by atoms with van der Waals surface area (Å²) in [6.07, 6.45) is 0.720. The standard InChI is InChI=1S/C14H16ClFN4/c1-3-12-19-13(17-4-2)8-14(20-12)18-11-6-9(15)5-10(16)7-11/h5-8H,3-4H2,1-2H3,(H2,17,18,19,20). The van der Waals surface area contributed by atoms with Gasteiger partial charge in [-0.1, -0.05) is 18.5 Å². The molecule has 106 valence electrons. The number of anilines is 3. The molecule has 0 amide bonds. The van der Waals surface area contributed by atoms with E-state index in [0.29, 0.717) is 22.4 Å². The van der Waals surface area contributed by atoms with Crippen LogP contribution in [0, 0.1) is 5.82 Å². The monoisotopic (exact) mass is 294 g/mol. The van der Waals surface area contributed by atoms with Crippen molar-refractivity contribution in [1.82, 2.24) is 9.97 Å². The molecular weight excluding hydrogens is 279 g/mol. The first kappa shape index (κ1) is 14.5. The van der Waals surface area contributed by atoms with Gasteiger partial charge < -0.3 is 10.6 Å². The van der Waals surface area contributed by atoms with Crippen LogP contribution in [0.4, 0.5) is 21.7 Å². The van der Waals surface area contributed by atoms with Gasteiger partial charge in [0, 0.05) is 29.7 Å². The zero-order valence-corrected chi connectivity index (χ0v) is 12.1. The highest BCUT2D eigenvalue weighted by molar-refractivity contribution is 6.30. The maximum absolute atomic E-state index is 13.3. The summed E-state index contributed by atoms with van der Waals surface area (Å²) in [4.78, 5) is 8.72. The zero-order chi connectivity index (χ0) is 14.5. The molecule has 0 aliphatic rings. The highest BCUT2D eigenvalue weighted by Crippen LogP contribution is 2.22. The molecule has 4 nitrogen and oxygen atoms in total. The zero-order valence-electron chi connectivity index (χ0n) is 11.4. The Morgan fingerprint density at radius 1 is 1.10 bits per heavy atom. The second-order valence-electron chi connectivity index (χ2n) is 4.22. The maximum Gasteiger partial charge on any atom is 0.136 e. The van der Waals surface area contributed by atoms with Crippen LogP contribution in [0.2, 0.25) is 5.02 Å². The Labute approximate surface area is 122 Å². The molecule has 0 radical (unpaired) electrons. The van der Waals surface area contributed by atoms with Gasteiger partial charge in [0.1, 0.15) is 23.3 Å². The van der Waals surface area contributed by atoms with Crippen molar-refractivity contribution in [3.8, 4) is 0 Å². The first-order valence-electron chi connectivity index (χ1n) is 6.45. The molecule has 1 aromatic carbocycles. The van der Waals surface area contributed by atoms with E-state index in [4.69, 9.17) is 11.6 Å². The Balaban J connectivity index is 2.29. The Morgan fingerprint density at radius 2 is 1.85 bits per heavy atom. The maximum atomic E-state index is 13.3. The lowest BCUT2D eigenvalue weighted by atomic mass is 10.3. The predicted molar refractivity (Wildman–Crippen MR) is 80.3 cm³/mol. The van der Waals surface area contributed by atoms with Crippen LogP contribution in [0.25, 0.3) is 0 Å². The van der Waals surface area contributed by atoms with Crippen molar-refractivity contribution in [3.63, 3.8) is 0 Å². The van der Waals surface area contributed by atoms with Crippen LogP contribution >= 0.6 is 11.6 Å². The van der Waals surface area contributed by atoms with Crippen molar-refractivity contribution in [2.75, 3.05) is 17.2 Å². The van der Waals surface area contributed by atoms with Crippen molar-refractivity contribution < 1.29 is 4.39 Å². The van der Waals surface area contributed by atoms with E-state index in [1.807, 2.05) is 13.8 Å². The van der Waals surface area contributed by atoms with Gasteiger partial charge in [0.2, 0.25) is 0 Å². The molecule has 1 heterocycles. The quantitative estimate of drug-likeness (QED) is 0.875. The SMILES string of the molecule is CCNc1cc(Nc2cc(F)cc(Cl)c2)nc(CC)n1. The molecule has 0 saturated heterocycles. The van der Waals surface area contributed by atoms with E-state index in [2.05, 4.69) is 20.6 Å². The Morgan fingerprint density at radius 3 is 2.50 bits per heavy atom. The number of hydrogen-bond donors (Lipinski definition) is 2. The fourth-order valence-corrected chi connectivity index (χ4v) is 1.99. The Hall–Kier alpha value is -1.88. The van der Waals surface area contributed by atoms with Crippen LogP contribution in [-0.4, -0.2) is 16.5 Å². The summed E-state index contributed by atoms with van der Waals surface area (Å²) in [5.74, 6) is 1.67. The van der Waals surface area contributed by atoms with Crippen molar-refractivity contribution in [3.05, 3.63) is 40.9 Å². The van der Waals surface area contributed by atoms with Gasteiger partial charge in [-0.05, 0) is 25.1 Å². The molecule has 0 unspecified atom stereocenters. The molecule has 0 aliphatic carbocycles. The molecule has 0 atom stereocenters. The molecule has 0 bridgehead atoms. The average Bonchev–Trinajstić information content (AvgIpc) is 2.37. The lowest BCUT2D eigenvalue weighted by molar-refractivity contribution is 0.628. The van der Waals surface area contributed by atoms with E-state index in [1.165, 1.54) is 12.1 Å². The van der Waals surface area contributed by atoms with Gasteiger partial charge in [-0.25, -0.2) is 14.4 Å². The van der Waals surface area contributed by atoms with Gasteiger partial charge in [-0.3, -0.25) is 0 Å². The predicted octanol–water partition coefficient (Wildman–Crippen LogP) is 4.01. The summed E-state index contributed by atoms with van der Waals surface area (Å²) in [5.41, 5.74) is 0.554.